The molecule has 1 fully saturated rings. The summed E-state index contributed by atoms with van der Waals surface area (Å²) in [4.78, 5) is 11.8. The lowest BCUT2D eigenvalue weighted by molar-refractivity contribution is -0.148. The van der Waals surface area contributed by atoms with Gasteiger partial charge in [-0.2, -0.15) is 0 Å². The standard InChI is InChI=1S/C17H26O2/c1-4-5-6-7-16(19-17(18)12(2)3)15-11-13-8-9-14(15)10-13/h8-9,13-16H,2,4-7,10-11H2,1,3H3. The second-order valence-corrected chi connectivity index (χ2v) is 6.16. The van der Waals surface area contributed by atoms with Crippen LogP contribution < -0.4 is 0 Å². The maximum Gasteiger partial charge on any atom is 0.333 e. The van der Waals surface area contributed by atoms with E-state index in [0.717, 1.165) is 18.8 Å². The Morgan fingerprint density at radius 2 is 2.16 bits per heavy atom. The van der Waals surface area contributed by atoms with Crippen LogP contribution in [-0.4, -0.2) is 12.1 Å². The smallest absolute Gasteiger partial charge is 0.333 e. The molecule has 0 amide bonds. The molecule has 0 aromatic heterocycles. The first-order chi connectivity index (χ1) is 9.11. The molecule has 4 atom stereocenters. The van der Waals surface area contributed by atoms with Gasteiger partial charge in [0, 0.05) is 11.5 Å². The van der Waals surface area contributed by atoms with Crippen molar-refractivity contribution in [1.82, 2.24) is 0 Å². The van der Waals surface area contributed by atoms with Gasteiger partial charge in [0.15, 0.2) is 0 Å². The van der Waals surface area contributed by atoms with Gasteiger partial charge in [0.2, 0.25) is 0 Å². The molecule has 4 unspecified atom stereocenters. The zero-order valence-corrected chi connectivity index (χ0v) is 12.2. The number of ether oxygens (including phenoxy) is 1. The number of rotatable bonds is 7. The van der Waals surface area contributed by atoms with Crippen molar-refractivity contribution in [2.24, 2.45) is 17.8 Å². The molecule has 0 aliphatic heterocycles. The number of hydrogen-bond acceptors (Lipinski definition) is 2. The average Bonchev–Trinajstić information content (AvgIpc) is 2.99. The summed E-state index contributed by atoms with van der Waals surface area (Å²) in [5.41, 5.74) is 0.513. The van der Waals surface area contributed by atoms with E-state index in [1.54, 1.807) is 6.92 Å². The van der Waals surface area contributed by atoms with E-state index >= 15 is 0 Å². The average molecular weight is 262 g/mol. The van der Waals surface area contributed by atoms with E-state index in [0.29, 0.717) is 17.4 Å². The van der Waals surface area contributed by atoms with Crippen LogP contribution in [0.1, 0.15) is 52.4 Å². The normalized spacial score (nSPS) is 29.5. The number of carbonyl (C=O) groups excluding carboxylic acids is 1. The topological polar surface area (TPSA) is 26.3 Å². The molecule has 0 heterocycles. The van der Waals surface area contributed by atoms with Crippen molar-refractivity contribution in [1.29, 1.82) is 0 Å². The van der Waals surface area contributed by atoms with Crippen LogP contribution in [0.5, 0.6) is 0 Å². The van der Waals surface area contributed by atoms with Crippen molar-refractivity contribution in [2.75, 3.05) is 0 Å². The first kappa shape index (κ1) is 14.4. The van der Waals surface area contributed by atoms with Gasteiger partial charge < -0.3 is 4.74 Å². The highest BCUT2D eigenvalue weighted by Crippen LogP contribution is 2.46. The molecule has 2 aliphatic rings. The van der Waals surface area contributed by atoms with Crippen LogP contribution in [0.15, 0.2) is 24.3 Å². The second kappa shape index (κ2) is 6.40. The summed E-state index contributed by atoms with van der Waals surface area (Å²) in [5.74, 6) is 1.69. The molecule has 0 aromatic carbocycles. The Hall–Kier alpha value is -1.05. The number of unbranched alkanes of at least 4 members (excludes halogenated alkanes) is 2. The zero-order chi connectivity index (χ0) is 13.8. The summed E-state index contributed by atoms with van der Waals surface area (Å²) >= 11 is 0. The van der Waals surface area contributed by atoms with Crippen molar-refractivity contribution >= 4 is 5.97 Å². The largest absolute Gasteiger partial charge is 0.459 e. The van der Waals surface area contributed by atoms with Gasteiger partial charge in [-0.25, -0.2) is 4.79 Å². The SMILES string of the molecule is C=C(C)C(=O)OC(CCCCC)C1CC2C=CC1C2. The maximum atomic E-state index is 11.8. The van der Waals surface area contributed by atoms with Gasteiger partial charge in [0.1, 0.15) is 6.10 Å². The number of esters is 1. The summed E-state index contributed by atoms with van der Waals surface area (Å²) in [6.45, 7) is 7.62. The summed E-state index contributed by atoms with van der Waals surface area (Å²) in [6.07, 6.45) is 11.8. The van der Waals surface area contributed by atoms with Crippen LogP contribution in [0.3, 0.4) is 0 Å². The Kier molecular flexibility index (Phi) is 4.84. The van der Waals surface area contributed by atoms with Crippen LogP contribution in [0, 0.1) is 17.8 Å². The van der Waals surface area contributed by atoms with E-state index in [1.165, 1.54) is 25.7 Å². The number of carbonyl (C=O) groups is 1. The molecule has 1 saturated carbocycles. The van der Waals surface area contributed by atoms with Gasteiger partial charge in [-0.3, -0.25) is 0 Å². The molecular formula is C17H26O2. The van der Waals surface area contributed by atoms with Crippen LogP contribution in [0.2, 0.25) is 0 Å². The lowest BCUT2D eigenvalue weighted by Crippen LogP contribution is -2.30. The van der Waals surface area contributed by atoms with E-state index in [1.807, 2.05) is 0 Å². The summed E-state index contributed by atoms with van der Waals surface area (Å²) in [7, 11) is 0. The molecule has 106 valence electrons. The fraction of sp³-hybridized carbons (Fsp3) is 0.706. The Balaban J connectivity index is 1.95. The van der Waals surface area contributed by atoms with E-state index in [2.05, 4.69) is 25.7 Å². The summed E-state index contributed by atoms with van der Waals surface area (Å²) in [6, 6.07) is 0. The minimum absolute atomic E-state index is 0.0932. The minimum Gasteiger partial charge on any atom is -0.459 e. The highest BCUT2D eigenvalue weighted by Gasteiger charge is 2.41. The molecule has 2 nitrogen and oxygen atoms in total. The van der Waals surface area contributed by atoms with E-state index in [4.69, 9.17) is 4.74 Å². The molecule has 2 heteroatoms. The van der Waals surface area contributed by atoms with Crippen molar-refractivity contribution in [3.05, 3.63) is 24.3 Å². The Bertz CT molecular complexity index is 369. The minimum atomic E-state index is -0.215. The summed E-state index contributed by atoms with van der Waals surface area (Å²) < 4.78 is 5.72. The van der Waals surface area contributed by atoms with Crippen molar-refractivity contribution in [3.63, 3.8) is 0 Å². The summed E-state index contributed by atoms with van der Waals surface area (Å²) in [5, 5.41) is 0. The van der Waals surface area contributed by atoms with Crippen LogP contribution in [0.4, 0.5) is 0 Å². The molecule has 19 heavy (non-hydrogen) atoms. The third kappa shape index (κ3) is 3.49. The van der Waals surface area contributed by atoms with Crippen LogP contribution >= 0.6 is 0 Å². The first-order valence-electron chi connectivity index (χ1n) is 7.66. The van der Waals surface area contributed by atoms with Crippen LogP contribution in [-0.2, 0) is 9.53 Å². The molecule has 2 rings (SSSR count). The predicted octanol–water partition coefficient (Wildman–Crippen LogP) is 4.27. The third-order valence-electron chi connectivity index (χ3n) is 4.51. The van der Waals surface area contributed by atoms with E-state index in [-0.39, 0.29) is 12.1 Å². The molecule has 0 spiro atoms. The van der Waals surface area contributed by atoms with Gasteiger partial charge in [-0.05, 0) is 44.4 Å². The lowest BCUT2D eigenvalue weighted by atomic mass is 9.86. The van der Waals surface area contributed by atoms with Gasteiger partial charge in [-0.15, -0.1) is 0 Å². The molecule has 2 aliphatic carbocycles. The number of hydrogen-bond donors (Lipinski definition) is 0. The van der Waals surface area contributed by atoms with Crippen molar-refractivity contribution < 1.29 is 9.53 Å². The van der Waals surface area contributed by atoms with Crippen molar-refractivity contribution in [3.8, 4) is 0 Å². The fourth-order valence-corrected chi connectivity index (χ4v) is 3.44. The van der Waals surface area contributed by atoms with Gasteiger partial charge in [-0.1, -0.05) is 38.5 Å². The fourth-order valence-electron chi connectivity index (χ4n) is 3.44. The van der Waals surface area contributed by atoms with Gasteiger partial charge in [0.05, 0.1) is 0 Å². The van der Waals surface area contributed by atoms with E-state index in [9.17, 15) is 4.79 Å². The van der Waals surface area contributed by atoms with Gasteiger partial charge >= 0.3 is 5.97 Å². The second-order valence-electron chi connectivity index (χ2n) is 6.16. The molecule has 0 radical (unpaired) electrons. The van der Waals surface area contributed by atoms with E-state index < -0.39 is 0 Å². The van der Waals surface area contributed by atoms with Crippen molar-refractivity contribution in [2.45, 2.75) is 58.5 Å². The molecule has 0 N–H and O–H groups in total. The zero-order valence-electron chi connectivity index (χ0n) is 12.2. The lowest BCUT2D eigenvalue weighted by Gasteiger charge is -2.28. The highest BCUT2D eigenvalue weighted by molar-refractivity contribution is 5.87. The number of allylic oxidation sites excluding steroid dienone is 2. The molecule has 2 bridgehead atoms. The Labute approximate surface area is 116 Å². The Morgan fingerprint density at radius 1 is 1.37 bits per heavy atom. The molecule has 0 saturated heterocycles. The number of fused-ring (bicyclic) bond motifs is 2. The quantitative estimate of drug-likeness (QED) is 0.296. The van der Waals surface area contributed by atoms with Crippen LogP contribution in [0.25, 0.3) is 0 Å². The Morgan fingerprint density at radius 3 is 2.68 bits per heavy atom. The predicted molar refractivity (Wildman–Crippen MR) is 77.7 cm³/mol. The monoisotopic (exact) mass is 262 g/mol. The molecule has 0 aromatic rings. The highest BCUT2D eigenvalue weighted by atomic mass is 16.5. The third-order valence-corrected chi connectivity index (χ3v) is 4.51. The molecular weight excluding hydrogens is 236 g/mol. The first-order valence-corrected chi connectivity index (χ1v) is 7.66. The maximum absolute atomic E-state index is 11.8. The van der Waals surface area contributed by atoms with Gasteiger partial charge in [0.25, 0.3) is 0 Å².